The summed E-state index contributed by atoms with van der Waals surface area (Å²) in [6.45, 7) is 2.06. The topological polar surface area (TPSA) is 80.7 Å². The molecule has 148 valence electrons. The number of methoxy groups -OCH3 is 1. The minimum atomic E-state index is -0.303. The molecular weight excluding hydrogens is 368 g/mol. The van der Waals surface area contributed by atoms with Gasteiger partial charge in [-0.3, -0.25) is 9.08 Å². The van der Waals surface area contributed by atoms with E-state index in [0.29, 0.717) is 13.1 Å². The van der Waals surface area contributed by atoms with Gasteiger partial charge >= 0.3 is 0 Å². The summed E-state index contributed by atoms with van der Waals surface area (Å²) in [6, 6.07) is 7.98. The number of hydrogen-bond donors (Lipinski definition) is 1. The van der Waals surface area contributed by atoms with Crippen LogP contribution in [0.1, 0.15) is 12.0 Å². The maximum Gasteiger partial charge on any atom is 0.180 e. The number of rotatable bonds is 5. The number of imidazole rings is 1. The van der Waals surface area contributed by atoms with E-state index in [-0.39, 0.29) is 6.10 Å². The summed E-state index contributed by atoms with van der Waals surface area (Å²) in [6.07, 6.45) is 9.87. The Morgan fingerprint density at radius 3 is 2.79 bits per heavy atom. The fraction of sp³-hybridized carbons (Fsp3) is 0.286. The molecule has 29 heavy (non-hydrogen) atoms. The van der Waals surface area contributed by atoms with Gasteiger partial charge in [-0.1, -0.05) is 12.1 Å². The molecule has 1 saturated heterocycles. The van der Waals surface area contributed by atoms with Gasteiger partial charge in [0.1, 0.15) is 5.75 Å². The maximum absolute atomic E-state index is 9.85. The zero-order valence-corrected chi connectivity index (χ0v) is 16.1. The predicted molar refractivity (Wildman–Crippen MR) is 109 cm³/mol. The second kappa shape index (κ2) is 7.21. The predicted octanol–water partition coefficient (Wildman–Crippen LogP) is 2.22. The average Bonchev–Trinajstić information content (AvgIpc) is 3.47. The molecule has 1 aliphatic heterocycles. The van der Waals surface area contributed by atoms with Gasteiger partial charge in [0.2, 0.25) is 0 Å². The first-order chi connectivity index (χ1) is 14.2. The summed E-state index contributed by atoms with van der Waals surface area (Å²) in [5.74, 6) is 1.65. The number of hydrogen-bond acceptors (Lipinski definition) is 6. The summed E-state index contributed by atoms with van der Waals surface area (Å²) in [7, 11) is 1.66. The lowest BCUT2D eigenvalue weighted by atomic mass is 10.2. The molecular formula is C21H22N6O2. The van der Waals surface area contributed by atoms with Crippen LogP contribution in [-0.2, 0) is 6.54 Å². The smallest absolute Gasteiger partial charge is 0.180 e. The van der Waals surface area contributed by atoms with E-state index in [0.717, 1.165) is 47.0 Å². The van der Waals surface area contributed by atoms with Gasteiger partial charge in [-0.15, -0.1) is 0 Å². The van der Waals surface area contributed by atoms with Crippen molar-refractivity contribution in [1.82, 2.24) is 24.1 Å². The molecule has 0 bridgehead atoms. The summed E-state index contributed by atoms with van der Waals surface area (Å²) in [5.41, 5.74) is 3.89. The van der Waals surface area contributed by atoms with E-state index in [2.05, 4.69) is 20.0 Å². The average molecular weight is 390 g/mol. The molecule has 0 saturated carbocycles. The minimum Gasteiger partial charge on any atom is -0.497 e. The van der Waals surface area contributed by atoms with Crippen molar-refractivity contribution in [3.05, 3.63) is 60.8 Å². The quantitative estimate of drug-likeness (QED) is 0.563. The van der Waals surface area contributed by atoms with Crippen molar-refractivity contribution in [3.8, 4) is 17.0 Å². The van der Waals surface area contributed by atoms with Crippen molar-refractivity contribution in [1.29, 1.82) is 0 Å². The Hall–Kier alpha value is -3.39. The fourth-order valence-corrected chi connectivity index (χ4v) is 3.78. The van der Waals surface area contributed by atoms with Crippen molar-refractivity contribution in [2.75, 3.05) is 25.1 Å². The first kappa shape index (κ1) is 17.7. The Morgan fingerprint density at radius 2 is 2.03 bits per heavy atom. The molecule has 1 aliphatic rings. The van der Waals surface area contributed by atoms with Crippen LogP contribution in [0.4, 0.5) is 5.82 Å². The highest BCUT2D eigenvalue weighted by Crippen LogP contribution is 2.27. The third kappa shape index (κ3) is 3.31. The maximum atomic E-state index is 9.85. The van der Waals surface area contributed by atoms with Gasteiger partial charge in [-0.2, -0.15) is 5.10 Å². The summed E-state index contributed by atoms with van der Waals surface area (Å²) >= 11 is 0. The van der Waals surface area contributed by atoms with Crippen molar-refractivity contribution >= 4 is 11.5 Å². The third-order valence-corrected chi connectivity index (χ3v) is 5.30. The Kier molecular flexibility index (Phi) is 4.40. The Bertz CT molecular complexity index is 1130. The van der Waals surface area contributed by atoms with Crippen LogP contribution in [0.3, 0.4) is 0 Å². The van der Waals surface area contributed by atoms with E-state index >= 15 is 0 Å². The lowest BCUT2D eigenvalue weighted by Crippen LogP contribution is -2.23. The van der Waals surface area contributed by atoms with Crippen LogP contribution in [0, 0.1) is 0 Å². The highest BCUT2D eigenvalue weighted by atomic mass is 16.5. The molecule has 0 radical (unpaired) electrons. The van der Waals surface area contributed by atoms with Crippen LogP contribution >= 0.6 is 0 Å². The lowest BCUT2D eigenvalue weighted by molar-refractivity contribution is 0.198. The summed E-state index contributed by atoms with van der Waals surface area (Å²) < 4.78 is 9.15. The molecule has 0 amide bonds. The number of benzene rings is 1. The van der Waals surface area contributed by atoms with E-state index < -0.39 is 0 Å². The van der Waals surface area contributed by atoms with Gasteiger partial charge in [0.25, 0.3) is 0 Å². The highest BCUT2D eigenvalue weighted by molar-refractivity contribution is 5.71. The van der Waals surface area contributed by atoms with E-state index in [1.807, 2.05) is 58.1 Å². The van der Waals surface area contributed by atoms with Crippen LogP contribution in [0.15, 0.2) is 55.2 Å². The van der Waals surface area contributed by atoms with E-state index in [9.17, 15) is 5.11 Å². The van der Waals surface area contributed by atoms with Crippen molar-refractivity contribution in [2.24, 2.45) is 0 Å². The number of ether oxygens (including phenoxy) is 1. The van der Waals surface area contributed by atoms with Crippen molar-refractivity contribution < 1.29 is 9.84 Å². The molecule has 0 spiro atoms. The molecule has 1 aromatic carbocycles. The van der Waals surface area contributed by atoms with Gasteiger partial charge in [0.05, 0.1) is 37.8 Å². The zero-order valence-electron chi connectivity index (χ0n) is 16.1. The fourth-order valence-electron chi connectivity index (χ4n) is 3.78. The second-order valence-corrected chi connectivity index (χ2v) is 7.25. The van der Waals surface area contributed by atoms with Crippen LogP contribution in [-0.4, -0.2) is 55.6 Å². The van der Waals surface area contributed by atoms with E-state index in [1.165, 1.54) is 0 Å². The molecule has 1 N–H and O–H groups in total. The SMILES string of the molecule is COc1ccc(Cn2cc(-c3cnc4c(N5CCC(O)C5)nccn34)cn2)cc1. The van der Waals surface area contributed by atoms with Gasteiger partial charge in [0, 0.05) is 37.2 Å². The normalized spacial score (nSPS) is 16.6. The minimum absolute atomic E-state index is 0.303. The number of aliphatic hydroxyl groups is 1. The molecule has 3 aromatic heterocycles. The molecule has 1 atom stereocenters. The monoisotopic (exact) mass is 390 g/mol. The largest absolute Gasteiger partial charge is 0.497 e. The van der Waals surface area contributed by atoms with Gasteiger partial charge < -0.3 is 14.7 Å². The number of fused-ring (bicyclic) bond motifs is 1. The number of nitrogens with zero attached hydrogens (tertiary/aromatic N) is 6. The van der Waals surface area contributed by atoms with E-state index in [4.69, 9.17) is 4.74 Å². The third-order valence-electron chi connectivity index (χ3n) is 5.30. The molecule has 1 fully saturated rings. The van der Waals surface area contributed by atoms with Gasteiger partial charge in [-0.25, -0.2) is 9.97 Å². The van der Waals surface area contributed by atoms with E-state index in [1.54, 1.807) is 13.3 Å². The molecule has 8 nitrogen and oxygen atoms in total. The first-order valence-corrected chi connectivity index (χ1v) is 9.62. The number of aromatic nitrogens is 5. The molecule has 8 heteroatoms. The van der Waals surface area contributed by atoms with Gasteiger partial charge in [-0.05, 0) is 24.1 Å². The lowest BCUT2D eigenvalue weighted by Gasteiger charge is -2.16. The molecule has 5 rings (SSSR count). The van der Waals surface area contributed by atoms with Crippen molar-refractivity contribution in [3.63, 3.8) is 0 Å². The summed E-state index contributed by atoms with van der Waals surface area (Å²) in [5, 5.41) is 14.4. The van der Waals surface area contributed by atoms with Crippen LogP contribution in [0.5, 0.6) is 5.75 Å². The molecule has 4 aromatic rings. The van der Waals surface area contributed by atoms with Gasteiger partial charge in [0.15, 0.2) is 11.5 Å². The number of β-amino-alcohol motifs (C(OH)–C–C–N with tert-alkyl or cyclic N) is 1. The zero-order chi connectivity index (χ0) is 19.8. The number of aliphatic hydroxyl groups excluding tert-OH is 1. The highest BCUT2D eigenvalue weighted by Gasteiger charge is 2.24. The second-order valence-electron chi connectivity index (χ2n) is 7.25. The van der Waals surface area contributed by atoms with Crippen LogP contribution in [0.25, 0.3) is 16.9 Å². The Balaban J connectivity index is 1.42. The van der Waals surface area contributed by atoms with Crippen LogP contribution in [0.2, 0.25) is 0 Å². The molecule has 1 unspecified atom stereocenters. The Morgan fingerprint density at radius 1 is 1.17 bits per heavy atom. The number of anilines is 1. The van der Waals surface area contributed by atoms with Crippen molar-refractivity contribution in [2.45, 2.75) is 19.1 Å². The Labute approximate surface area is 168 Å². The standard InChI is InChI=1S/C21H22N6O2/c1-29-18-4-2-15(3-5-18)12-26-13-16(10-24-26)19-11-23-21-20(22-7-9-27(19)21)25-8-6-17(28)14-25/h2-5,7,9-11,13,17,28H,6,8,12,14H2,1H3. The molecule has 4 heterocycles. The van der Waals surface area contributed by atoms with Crippen LogP contribution < -0.4 is 9.64 Å². The molecule has 0 aliphatic carbocycles. The summed E-state index contributed by atoms with van der Waals surface area (Å²) in [4.78, 5) is 11.2. The first-order valence-electron chi connectivity index (χ1n) is 9.62.